The van der Waals surface area contributed by atoms with Gasteiger partial charge in [0.05, 0.1) is 44.7 Å². The Labute approximate surface area is 147 Å². The Kier molecular flexibility index (Phi) is 3.31. The van der Waals surface area contributed by atoms with E-state index in [0.717, 1.165) is 49.4 Å². The van der Waals surface area contributed by atoms with Crippen molar-refractivity contribution in [2.45, 2.75) is 31.0 Å². The molecule has 0 radical (unpaired) electrons. The molecule has 5 heteroatoms. The minimum absolute atomic E-state index is 0.270. The second-order valence-corrected chi connectivity index (χ2v) is 7.39. The summed E-state index contributed by atoms with van der Waals surface area (Å²) in [5, 5.41) is 7.34. The summed E-state index contributed by atoms with van der Waals surface area (Å²) in [4.78, 5) is 5.71. The summed E-state index contributed by atoms with van der Waals surface area (Å²) in [5.74, 6) is 1.04. The van der Waals surface area contributed by atoms with Crippen molar-refractivity contribution < 1.29 is 9.64 Å². The first-order valence-corrected chi connectivity index (χ1v) is 9.12. The molecule has 1 aromatic carbocycles. The number of hydrogen-bond acceptors (Lipinski definition) is 4. The van der Waals surface area contributed by atoms with Crippen molar-refractivity contribution in [3.8, 4) is 5.75 Å². The van der Waals surface area contributed by atoms with E-state index < -0.39 is 0 Å². The van der Waals surface area contributed by atoms with Crippen LogP contribution in [-0.4, -0.2) is 41.6 Å². The van der Waals surface area contributed by atoms with Gasteiger partial charge in [-0.2, -0.15) is 5.10 Å². The number of quaternary nitrogens is 1. The molecule has 0 bridgehead atoms. The van der Waals surface area contributed by atoms with Gasteiger partial charge in [-0.3, -0.25) is 4.98 Å². The molecule has 5 nitrogen and oxygen atoms in total. The van der Waals surface area contributed by atoms with Crippen LogP contribution in [0.1, 0.15) is 36.4 Å². The Morgan fingerprint density at radius 2 is 1.88 bits per heavy atom. The lowest BCUT2D eigenvalue weighted by atomic mass is 9.91. The molecule has 0 unspecified atom stereocenters. The maximum Gasteiger partial charge on any atom is 0.208 e. The van der Waals surface area contributed by atoms with Gasteiger partial charge in [0.15, 0.2) is 0 Å². The number of rotatable bonds is 1. The van der Waals surface area contributed by atoms with Gasteiger partial charge in [-0.1, -0.05) is 18.2 Å². The van der Waals surface area contributed by atoms with Gasteiger partial charge in [0.25, 0.3) is 0 Å². The molecular formula is C20H23N4O+. The third-order valence-corrected chi connectivity index (χ3v) is 5.80. The molecular weight excluding hydrogens is 312 g/mol. The predicted molar refractivity (Wildman–Crippen MR) is 95.6 cm³/mol. The number of aromatic nitrogens is 1. The molecule has 0 aliphatic carbocycles. The number of nitrogens with one attached hydrogen (secondary N) is 1. The van der Waals surface area contributed by atoms with Crippen molar-refractivity contribution in [3.05, 3.63) is 59.9 Å². The van der Waals surface area contributed by atoms with Crippen molar-refractivity contribution in [2.24, 2.45) is 5.10 Å². The van der Waals surface area contributed by atoms with E-state index in [0.29, 0.717) is 0 Å². The van der Waals surface area contributed by atoms with Gasteiger partial charge in [-0.05, 0) is 18.2 Å². The van der Waals surface area contributed by atoms with E-state index in [1.807, 2.05) is 12.4 Å². The Bertz CT molecular complexity index is 811. The quantitative estimate of drug-likeness (QED) is 0.861. The van der Waals surface area contributed by atoms with Crippen molar-refractivity contribution in [1.82, 2.24) is 9.99 Å². The third kappa shape index (κ3) is 2.34. The lowest BCUT2D eigenvalue weighted by Gasteiger charge is -2.49. The fourth-order valence-corrected chi connectivity index (χ4v) is 4.35. The van der Waals surface area contributed by atoms with Crippen LogP contribution in [0.5, 0.6) is 5.75 Å². The molecule has 3 aliphatic rings. The van der Waals surface area contributed by atoms with Crippen LogP contribution in [0.4, 0.5) is 0 Å². The van der Waals surface area contributed by atoms with Crippen molar-refractivity contribution in [1.29, 1.82) is 0 Å². The maximum absolute atomic E-state index is 6.60. The highest BCUT2D eigenvalue weighted by molar-refractivity contribution is 6.01. The van der Waals surface area contributed by atoms with Crippen LogP contribution in [0.15, 0.2) is 53.9 Å². The highest BCUT2D eigenvalue weighted by Gasteiger charge is 2.52. The van der Waals surface area contributed by atoms with Gasteiger partial charge in [0.1, 0.15) is 5.75 Å². The molecule has 128 valence electrons. The summed E-state index contributed by atoms with van der Waals surface area (Å²) in [5.41, 5.74) is 3.26. The van der Waals surface area contributed by atoms with E-state index in [1.165, 1.54) is 5.56 Å². The third-order valence-electron chi connectivity index (χ3n) is 5.80. The van der Waals surface area contributed by atoms with Crippen molar-refractivity contribution in [2.75, 3.05) is 20.1 Å². The molecule has 1 N–H and O–H groups in total. The van der Waals surface area contributed by atoms with E-state index in [4.69, 9.17) is 9.84 Å². The first kappa shape index (κ1) is 14.9. The zero-order chi connectivity index (χ0) is 16.9. The monoisotopic (exact) mass is 335 g/mol. The standard InChI is InChI=1S/C20H22N4O/c1-23-12-8-20(9-13-23)24-18(16-4-2-3-5-19(16)25-20)14-17(22-24)15-6-10-21-11-7-15/h2-7,10-11,18H,8-9,12-14H2,1H3/p+1/t18-/m1/s1. The number of benzene rings is 1. The van der Waals surface area contributed by atoms with Crippen LogP contribution >= 0.6 is 0 Å². The predicted octanol–water partition coefficient (Wildman–Crippen LogP) is 1.63. The molecule has 0 amide bonds. The number of hydrogen-bond donors (Lipinski definition) is 1. The summed E-state index contributed by atoms with van der Waals surface area (Å²) in [6, 6.07) is 12.8. The van der Waals surface area contributed by atoms with Crippen LogP contribution in [0.2, 0.25) is 0 Å². The SMILES string of the molecule is C[NH+]1CCC2(CC1)Oc1ccccc1[C@H]1CC(c3ccncc3)=NN12. The summed E-state index contributed by atoms with van der Waals surface area (Å²) >= 11 is 0. The number of hydrazone groups is 1. The number of pyridine rings is 1. The van der Waals surface area contributed by atoms with Crippen molar-refractivity contribution >= 4 is 5.71 Å². The highest BCUT2D eigenvalue weighted by Crippen LogP contribution is 2.48. The van der Waals surface area contributed by atoms with Gasteiger partial charge in [-0.15, -0.1) is 0 Å². The number of likely N-dealkylation sites (tertiary alicyclic amines) is 1. The molecule has 1 fully saturated rings. The zero-order valence-electron chi connectivity index (χ0n) is 14.5. The van der Waals surface area contributed by atoms with E-state index in [-0.39, 0.29) is 11.8 Å². The molecule has 1 saturated heterocycles. The fourth-order valence-electron chi connectivity index (χ4n) is 4.35. The molecule has 2 aromatic rings. The summed E-state index contributed by atoms with van der Waals surface area (Å²) in [7, 11) is 2.26. The molecule has 5 rings (SSSR count). The van der Waals surface area contributed by atoms with E-state index in [2.05, 4.69) is 53.4 Å². The van der Waals surface area contributed by atoms with Gasteiger partial charge in [-0.25, -0.2) is 5.01 Å². The van der Waals surface area contributed by atoms with Gasteiger partial charge < -0.3 is 9.64 Å². The first-order valence-electron chi connectivity index (χ1n) is 9.12. The van der Waals surface area contributed by atoms with E-state index in [9.17, 15) is 0 Å². The van der Waals surface area contributed by atoms with Gasteiger partial charge in [0, 0.05) is 29.9 Å². The van der Waals surface area contributed by atoms with Crippen LogP contribution < -0.4 is 9.64 Å². The maximum atomic E-state index is 6.60. The minimum atomic E-state index is -0.298. The number of para-hydroxylation sites is 1. The second kappa shape index (κ2) is 5.56. The van der Waals surface area contributed by atoms with Gasteiger partial charge >= 0.3 is 0 Å². The van der Waals surface area contributed by atoms with Crippen LogP contribution in [0, 0.1) is 0 Å². The Morgan fingerprint density at radius 3 is 2.68 bits per heavy atom. The first-order chi connectivity index (χ1) is 12.3. The summed E-state index contributed by atoms with van der Waals surface area (Å²) in [6.07, 6.45) is 6.63. The van der Waals surface area contributed by atoms with E-state index >= 15 is 0 Å². The zero-order valence-corrected chi connectivity index (χ0v) is 14.5. The normalized spacial score (nSPS) is 30.4. The molecule has 3 aliphatic heterocycles. The largest absolute Gasteiger partial charge is 0.466 e. The molecule has 1 atom stereocenters. The lowest BCUT2D eigenvalue weighted by molar-refractivity contribution is -0.888. The molecule has 1 spiro atoms. The molecule has 25 heavy (non-hydrogen) atoms. The molecule has 1 aromatic heterocycles. The number of fused-ring (bicyclic) bond motifs is 4. The smallest absolute Gasteiger partial charge is 0.208 e. The van der Waals surface area contributed by atoms with Gasteiger partial charge in [0.2, 0.25) is 5.72 Å². The fraction of sp³-hybridized carbons (Fsp3) is 0.400. The Balaban J connectivity index is 1.59. The molecule has 0 saturated carbocycles. The number of nitrogens with zero attached hydrogens (tertiary/aromatic N) is 3. The topological polar surface area (TPSA) is 42.2 Å². The number of piperidine rings is 1. The average molecular weight is 335 g/mol. The van der Waals surface area contributed by atoms with Crippen LogP contribution in [0.25, 0.3) is 0 Å². The van der Waals surface area contributed by atoms with E-state index in [1.54, 1.807) is 4.90 Å². The van der Waals surface area contributed by atoms with Crippen LogP contribution in [-0.2, 0) is 0 Å². The van der Waals surface area contributed by atoms with Crippen LogP contribution in [0.3, 0.4) is 0 Å². The second-order valence-electron chi connectivity index (χ2n) is 7.39. The Hall–Kier alpha value is -2.40. The average Bonchev–Trinajstić information content (AvgIpc) is 3.12. The Morgan fingerprint density at radius 1 is 1.12 bits per heavy atom. The lowest BCUT2D eigenvalue weighted by Crippen LogP contribution is -3.11. The summed E-state index contributed by atoms with van der Waals surface area (Å²) < 4.78 is 6.60. The molecule has 4 heterocycles. The number of ether oxygens (including phenoxy) is 1. The summed E-state index contributed by atoms with van der Waals surface area (Å²) in [6.45, 7) is 2.23. The minimum Gasteiger partial charge on any atom is -0.466 e. The van der Waals surface area contributed by atoms with Crippen molar-refractivity contribution in [3.63, 3.8) is 0 Å². The highest BCUT2D eigenvalue weighted by atomic mass is 16.5.